The summed E-state index contributed by atoms with van der Waals surface area (Å²) in [6.07, 6.45) is 4.80. The Hall–Kier alpha value is 0.366. The number of rotatable bonds is 11. The van der Waals surface area contributed by atoms with Gasteiger partial charge in [0.05, 0.1) is 16.8 Å². The van der Waals surface area contributed by atoms with Crippen LogP contribution in [0.1, 0.15) is 121 Å². The van der Waals surface area contributed by atoms with Crippen LogP contribution in [-0.4, -0.2) is 38.5 Å². The predicted octanol–water partition coefficient (Wildman–Crippen LogP) is 4.12. The maximum Gasteiger partial charge on any atom is 1.00 e. The van der Waals surface area contributed by atoms with E-state index in [-0.39, 0.29) is 73.7 Å². The Morgan fingerprint density at radius 2 is 1.50 bits per heavy atom. The monoisotopic (exact) mass is 478 g/mol. The number of aromatic nitrogens is 3. The van der Waals surface area contributed by atoms with Crippen LogP contribution in [0.2, 0.25) is 0 Å². The first kappa shape index (κ1) is 36.9. The predicted molar refractivity (Wildman–Crippen MR) is 133 cm³/mol. The standard InChI is InChI=1S/C21H39N4O2.2C2H6.K/c1-16(26)10-11-21(8,9)27-13-12-18(2,3)17-14-25(24-23-17)20(6,7)15-19(4,5)22;2*1-2;/h14,22H,10-13,15H2,1-9H3;2*1-2H3;/q-1;;;+1. The molecule has 0 fully saturated rings. The molecule has 0 radical (unpaired) electrons. The van der Waals surface area contributed by atoms with E-state index in [9.17, 15) is 4.79 Å². The van der Waals surface area contributed by atoms with E-state index in [0.29, 0.717) is 19.4 Å². The van der Waals surface area contributed by atoms with Gasteiger partial charge in [-0.2, -0.15) is 0 Å². The van der Waals surface area contributed by atoms with Crippen molar-refractivity contribution in [3.05, 3.63) is 17.6 Å². The maximum absolute atomic E-state index is 11.2. The minimum atomic E-state index is -0.523. The number of hydrogen-bond donors (Lipinski definition) is 0. The third-order valence-corrected chi connectivity index (χ3v) is 4.98. The van der Waals surface area contributed by atoms with Gasteiger partial charge < -0.3 is 15.3 Å². The number of Topliss-reactive ketones (excluding diaryl/α,β-unsaturated/α-hetero) is 1. The molecule has 0 aliphatic heterocycles. The molecular weight excluding hydrogens is 427 g/mol. The van der Waals surface area contributed by atoms with Crippen LogP contribution < -0.4 is 51.4 Å². The third kappa shape index (κ3) is 15.3. The zero-order valence-electron chi connectivity index (χ0n) is 23.8. The molecule has 0 bridgehead atoms. The van der Waals surface area contributed by atoms with Gasteiger partial charge in [0.25, 0.3) is 0 Å². The van der Waals surface area contributed by atoms with Gasteiger partial charge in [0, 0.05) is 24.6 Å². The fraction of sp³-hybridized carbons (Fsp3) is 0.880. The molecule has 32 heavy (non-hydrogen) atoms. The first-order valence-corrected chi connectivity index (χ1v) is 11.9. The number of hydrogen-bond acceptors (Lipinski definition) is 4. The van der Waals surface area contributed by atoms with Gasteiger partial charge in [0.2, 0.25) is 0 Å². The van der Waals surface area contributed by atoms with Crippen LogP contribution in [0.4, 0.5) is 0 Å². The molecule has 0 unspecified atom stereocenters. The van der Waals surface area contributed by atoms with Gasteiger partial charge >= 0.3 is 51.4 Å². The minimum Gasteiger partial charge on any atom is -0.672 e. The average molecular weight is 479 g/mol. The molecule has 0 saturated carbocycles. The van der Waals surface area contributed by atoms with Crippen molar-refractivity contribution in [1.29, 1.82) is 0 Å². The quantitative estimate of drug-likeness (QED) is 0.448. The molecule has 0 amide bonds. The second kappa shape index (κ2) is 16.1. The summed E-state index contributed by atoms with van der Waals surface area (Å²) in [5, 5.41) is 8.76. The third-order valence-electron chi connectivity index (χ3n) is 4.98. The maximum atomic E-state index is 11.2. The molecule has 1 aromatic heterocycles. The Kier molecular flexibility index (Phi) is 18.6. The van der Waals surface area contributed by atoms with Gasteiger partial charge in [0.1, 0.15) is 5.78 Å². The van der Waals surface area contributed by atoms with Crippen molar-refractivity contribution in [2.45, 2.75) is 138 Å². The van der Waals surface area contributed by atoms with E-state index in [2.05, 4.69) is 38.0 Å². The average Bonchev–Trinajstić information content (AvgIpc) is 3.13. The van der Waals surface area contributed by atoms with Crippen LogP contribution in [-0.2, 0) is 20.5 Å². The topological polar surface area (TPSA) is 80.8 Å². The van der Waals surface area contributed by atoms with Gasteiger partial charge in [-0.05, 0) is 53.9 Å². The van der Waals surface area contributed by atoms with E-state index in [1.165, 1.54) is 0 Å². The van der Waals surface area contributed by atoms with E-state index in [0.717, 1.165) is 18.5 Å². The number of nitrogens with one attached hydrogen (secondary N) is 1. The molecule has 0 aliphatic carbocycles. The molecule has 0 aliphatic rings. The summed E-state index contributed by atoms with van der Waals surface area (Å²) in [5.74, 6) is 0.196. The van der Waals surface area contributed by atoms with Crippen molar-refractivity contribution in [1.82, 2.24) is 15.0 Å². The van der Waals surface area contributed by atoms with Crippen molar-refractivity contribution in [2.24, 2.45) is 0 Å². The molecule has 6 nitrogen and oxygen atoms in total. The molecule has 1 heterocycles. The second-order valence-electron chi connectivity index (χ2n) is 10.4. The summed E-state index contributed by atoms with van der Waals surface area (Å²) in [6.45, 7) is 26.6. The smallest absolute Gasteiger partial charge is 0.672 e. The Morgan fingerprint density at radius 3 is 1.94 bits per heavy atom. The number of ketones is 1. The van der Waals surface area contributed by atoms with Crippen LogP contribution in [0.25, 0.3) is 5.73 Å². The van der Waals surface area contributed by atoms with Crippen LogP contribution in [0, 0.1) is 0 Å². The van der Waals surface area contributed by atoms with Crippen molar-refractivity contribution in [3.8, 4) is 0 Å². The van der Waals surface area contributed by atoms with E-state index in [1.54, 1.807) is 6.92 Å². The summed E-state index contributed by atoms with van der Waals surface area (Å²) < 4.78 is 7.93. The SMILES string of the molecule is CC.CC.CC(=O)CCC(C)(C)OCCC(C)(C)c1cn(C(C)(C)CC(C)(C)[NH-])nn1.[K+]. The first-order valence-electron chi connectivity index (χ1n) is 11.9. The number of ether oxygens (including phenoxy) is 1. The fourth-order valence-corrected chi connectivity index (χ4v) is 3.29. The van der Waals surface area contributed by atoms with Crippen molar-refractivity contribution in [3.63, 3.8) is 0 Å². The number of carbonyl (C=O) groups is 1. The van der Waals surface area contributed by atoms with Crippen LogP contribution in [0.3, 0.4) is 0 Å². The Morgan fingerprint density at radius 1 is 1.00 bits per heavy atom. The molecule has 0 spiro atoms. The molecule has 1 aromatic rings. The van der Waals surface area contributed by atoms with Crippen molar-refractivity contribution in [2.75, 3.05) is 6.61 Å². The summed E-state index contributed by atoms with van der Waals surface area (Å²) in [5.41, 5.74) is 7.85. The Bertz CT molecular complexity index is 632. The van der Waals surface area contributed by atoms with E-state index >= 15 is 0 Å². The molecule has 7 heteroatoms. The summed E-state index contributed by atoms with van der Waals surface area (Å²) in [4.78, 5) is 11.2. The van der Waals surface area contributed by atoms with Crippen LogP contribution >= 0.6 is 0 Å². The van der Waals surface area contributed by atoms with Crippen molar-refractivity contribution >= 4 is 5.78 Å². The molecular formula is C25H51KN4O2. The molecule has 184 valence electrons. The molecule has 1 N–H and O–H groups in total. The second-order valence-corrected chi connectivity index (χ2v) is 10.4. The fourth-order valence-electron chi connectivity index (χ4n) is 3.29. The number of nitrogens with zero attached hydrogens (tertiary/aromatic N) is 3. The van der Waals surface area contributed by atoms with Crippen LogP contribution in [0.15, 0.2) is 6.20 Å². The molecule has 0 aromatic carbocycles. The summed E-state index contributed by atoms with van der Waals surface area (Å²) >= 11 is 0. The summed E-state index contributed by atoms with van der Waals surface area (Å²) in [6, 6.07) is 0. The van der Waals surface area contributed by atoms with E-state index in [4.69, 9.17) is 10.5 Å². The van der Waals surface area contributed by atoms with E-state index < -0.39 is 5.54 Å². The molecule has 0 atom stereocenters. The normalized spacial score (nSPS) is 12.1. The largest absolute Gasteiger partial charge is 1.00 e. The Balaban J connectivity index is -0.00000159. The molecule has 1 rings (SSSR count). The van der Waals surface area contributed by atoms with Gasteiger partial charge in [-0.1, -0.05) is 60.6 Å². The molecule has 0 saturated heterocycles. The van der Waals surface area contributed by atoms with Gasteiger partial charge in [0.15, 0.2) is 0 Å². The minimum absolute atomic E-state index is 0. The Labute approximate surface area is 241 Å². The zero-order chi connectivity index (χ0) is 25.1. The van der Waals surface area contributed by atoms with Crippen LogP contribution in [0.5, 0.6) is 0 Å². The first-order chi connectivity index (χ1) is 14.0. The van der Waals surface area contributed by atoms with Gasteiger partial charge in [-0.3, -0.25) is 0 Å². The van der Waals surface area contributed by atoms with E-state index in [1.807, 2.05) is 66.3 Å². The summed E-state index contributed by atoms with van der Waals surface area (Å²) in [7, 11) is 0. The zero-order valence-corrected chi connectivity index (χ0v) is 26.9. The number of carbonyl (C=O) groups excluding carboxylic acids is 1. The van der Waals surface area contributed by atoms with Crippen molar-refractivity contribution < 1.29 is 60.9 Å². The van der Waals surface area contributed by atoms with Gasteiger partial charge in [-0.15, -0.1) is 10.6 Å². The van der Waals surface area contributed by atoms with Gasteiger partial charge in [-0.25, -0.2) is 4.68 Å².